The molecule has 1 aliphatic heterocycles. The van der Waals surface area contributed by atoms with Crippen LogP contribution in [0.1, 0.15) is 22.8 Å². The first-order valence-corrected chi connectivity index (χ1v) is 9.37. The van der Waals surface area contributed by atoms with Crippen LogP contribution in [0.15, 0.2) is 41.8 Å². The molecule has 0 radical (unpaired) electrons. The van der Waals surface area contributed by atoms with E-state index in [1.807, 2.05) is 17.0 Å². The average Bonchev–Trinajstić information content (AvgIpc) is 3.24. The number of carbonyl (C=O) groups is 1. The van der Waals surface area contributed by atoms with E-state index < -0.39 is 0 Å². The predicted molar refractivity (Wildman–Crippen MR) is 93.4 cm³/mol. The maximum absolute atomic E-state index is 13.0. The van der Waals surface area contributed by atoms with Crippen LogP contribution >= 0.6 is 11.3 Å². The molecule has 2 fully saturated rings. The van der Waals surface area contributed by atoms with E-state index in [0.29, 0.717) is 0 Å². The van der Waals surface area contributed by atoms with Gasteiger partial charge >= 0.3 is 0 Å². The van der Waals surface area contributed by atoms with Gasteiger partial charge in [0.15, 0.2) is 0 Å². The van der Waals surface area contributed by atoms with Gasteiger partial charge in [-0.05, 0) is 41.5 Å². The minimum absolute atomic E-state index is 0.0966. The summed E-state index contributed by atoms with van der Waals surface area (Å²) in [5.41, 5.74) is 1.09. The molecule has 2 aromatic rings. The first kappa shape index (κ1) is 15.8. The quantitative estimate of drug-likeness (QED) is 0.849. The summed E-state index contributed by atoms with van der Waals surface area (Å²) in [6.45, 7) is 4.50. The van der Waals surface area contributed by atoms with Crippen LogP contribution in [0.5, 0.6) is 0 Å². The third kappa shape index (κ3) is 3.37. The van der Waals surface area contributed by atoms with Crippen molar-refractivity contribution in [1.82, 2.24) is 9.80 Å². The fraction of sp³-hybridized carbons (Fsp3) is 0.421. The molecule has 2 unspecified atom stereocenters. The first-order chi connectivity index (χ1) is 11.7. The minimum atomic E-state index is -0.218. The van der Waals surface area contributed by atoms with Crippen LogP contribution in [0.25, 0.3) is 0 Å². The van der Waals surface area contributed by atoms with Gasteiger partial charge in [0.25, 0.3) is 0 Å². The second kappa shape index (κ2) is 6.65. The van der Waals surface area contributed by atoms with Crippen LogP contribution in [-0.4, -0.2) is 41.9 Å². The van der Waals surface area contributed by atoms with Crippen LogP contribution < -0.4 is 0 Å². The Balaban J connectivity index is 1.28. The van der Waals surface area contributed by atoms with Gasteiger partial charge in [0.1, 0.15) is 5.82 Å². The van der Waals surface area contributed by atoms with E-state index in [1.165, 1.54) is 17.0 Å². The molecule has 126 valence electrons. The maximum atomic E-state index is 13.0. The number of carbonyl (C=O) groups excluding carboxylic acids is 1. The number of piperazine rings is 1. The van der Waals surface area contributed by atoms with Gasteiger partial charge in [0, 0.05) is 43.5 Å². The highest BCUT2D eigenvalue weighted by Crippen LogP contribution is 2.48. The minimum Gasteiger partial charge on any atom is -0.340 e. The number of amides is 1. The monoisotopic (exact) mass is 344 g/mol. The lowest BCUT2D eigenvalue weighted by Crippen LogP contribution is -2.48. The van der Waals surface area contributed by atoms with E-state index in [-0.39, 0.29) is 23.6 Å². The Morgan fingerprint density at radius 3 is 2.54 bits per heavy atom. The van der Waals surface area contributed by atoms with Crippen molar-refractivity contribution in [3.8, 4) is 0 Å². The molecule has 1 saturated heterocycles. The van der Waals surface area contributed by atoms with Gasteiger partial charge in [-0.15, -0.1) is 11.3 Å². The van der Waals surface area contributed by atoms with Crippen LogP contribution in [0.4, 0.5) is 4.39 Å². The zero-order valence-electron chi connectivity index (χ0n) is 13.5. The Kier molecular flexibility index (Phi) is 4.37. The molecule has 3 nitrogen and oxygen atoms in total. The molecule has 2 atom stereocenters. The van der Waals surface area contributed by atoms with E-state index in [1.54, 1.807) is 11.3 Å². The summed E-state index contributed by atoms with van der Waals surface area (Å²) in [6, 6.07) is 10.8. The van der Waals surface area contributed by atoms with Gasteiger partial charge in [0.05, 0.1) is 0 Å². The molecule has 1 amide bonds. The third-order valence-electron chi connectivity index (χ3n) is 5.05. The molecule has 0 N–H and O–H groups in total. The number of hydrogen-bond acceptors (Lipinski definition) is 3. The molecule has 2 aliphatic rings. The Morgan fingerprint density at radius 2 is 1.88 bits per heavy atom. The van der Waals surface area contributed by atoms with E-state index >= 15 is 0 Å². The van der Waals surface area contributed by atoms with Gasteiger partial charge in [0.2, 0.25) is 5.91 Å². The lowest BCUT2D eigenvalue weighted by atomic mass is 10.1. The molecule has 24 heavy (non-hydrogen) atoms. The first-order valence-electron chi connectivity index (χ1n) is 8.50. The fourth-order valence-electron chi connectivity index (χ4n) is 3.53. The number of halogens is 1. The summed E-state index contributed by atoms with van der Waals surface area (Å²) in [5.74, 6) is 0.436. The normalized spacial score (nSPS) is 24.1. The second-order valence-electron chi connectivity index (χ2n) is 6.68. The van der Waals surface area contributed by atoms with Crippen molar-refractivity contribution in [2.75, 3.05) is 26.2 Å². The molecule has 5 heteroatoms. The summed E-state index contributed by atoms with van der Waals surface area (Å²) < 4.78 is 13.0. The van der Waals surface area contributed by atoms with E-state index in [0.717, 1.165) is 44.7 Å². The SMILES string of the molecule is O=C(C1CC1c1ccc(F)cc1)N1CCN(Cc2cccs2)CC1. The molecular weight excluding hydrogens is 323 g/mol. The number of thiophene rings is 1. The molecule has 1 aromatic heterocycles. The van der Waals surface area contributed by atoms with Crippen molar-refractivity contribution in [2.45, 2.75) is 18.9 Å². The second-order valence-corrected chi connectivity index (χ2v) is 7.71. The zero-order chi connectivity index (χ0) is 16.5. The third-order valence-corrected chi connectivity index (χ3v) is 5.91. The van der Waals surface area contributed by atoms with Crippen molar-refractivity contribution in [1.29, 1.82) is 0 Å². The van der Waals surface area contributed by atoms with Crippen LogP contribution in [0.3, 0.4) is 0 Å². The lowest BCUT2D eigenvalue weighted by Gasteiger charge is -2.34. The van der Waals surface area contributed by atoms with Crippen molar-refractivity contribution >= 4 is 17.2 Å². The molecule has 2 heterocycles. The fourth-order valence-corrected chi connectivity index (χ4v) is 4.28. The smallest absolute Gasteiger partial charge is 0.226 e. The summed E-state index contributed by atoms with van der Waals surface area (Å²) in [6.07, 6.45) is 0.903. The molecule has 4 rings (SSSR count). The molecule has 1 aliphatic carbocycles. The largest absolute Gasteiger partial charge is 0.340 e. The molecule has 1 saturated carbocycles. The highest BCUT2D eigenvalue weighted by Gasteiger charge is 2.46. The molecular formula is C19H21FN2OS. The van der Waals surface area contributed by atoms with Gasteiger partial charge in [-0.1, -0.05) is 18.2 Å². The Bertz CT molecular complexity index is 693. The van der Waals surface area contributed by atoms with Crippen molar-refractivity contribution in [2.24, 2.45) is 5.92 Å². The summed E-state index contributed by atoms with van der Waals surface area (Å²) in [4.78, 5) is 18.5. The van der Waals surface area contributed by atoms with Gasteiger partial charge in [-0.2, -0.15) is 0 Å². The Hall–Kier alpha value is -1.72. The average molecular weight is 344 g/mol. The molecule has 0 spiro atoms. The Labute approximate surface area is 145 Å². The van der Waals surface area contributed by atoms with Gasteiger partial charge in [-0.25, -0.2) is 4.39 Å². The number of hydrogen-bond donors (Lipinski definition) is 0. The molecule has 1 aromatic carbocycles. The zero-order valence-corrected chi connectivity index (χ0v) is 14.3. The highest BCUT2D eigenvalue weighted by atomic mass is 32.1. The van der Waals surface area contributed by atoms with Crippen LogP contribution in [0, 0.1) is 11.7 Å². The van der Waals surface area contributed by atoms with E-state index in [9.17, 15) is 9.18 Å². The standard InChI is InChI=1S/C19H21FN2OS/c20-15-5-3-14(4-6-15)17-12-18(17)19(23)22-9-7-21(8-10-22)13-16-2-1-11-24-16/h1-6,11,17-18H,7-10,12-13H2. The number of rotatable bonds is 4. The highest BCUT2D eigenvalue weighted by molar-refractivity contribution is 7.09. The topological polar surface area (TPSA) is 23.6 Å². The summed E-state index contributed by atoms with van der Waals surface area (Å²) in [5, 5.41) is 2.11. The van der Waals surface area contributed by atoms with Crippen molar-refractivity contribution < 1.29 is 9.18 Å². The number of nitrogens with zero attached hydrogens (tertiary/aromatic N) is 2. The predicted octanol–water partition coefficient (Wildman–Crippen LogP) is 3.34. The van der Waals surface area contributed by atoms with Crippen molar-refractivity contribution in [3.63, 3.8) is 0 Å². The van der Waals surface area contributed by atoms with E-state index in [2.05, 4.69) is 22.4 Å². The van der Waals surface area contributed by atoms with Crippen LogP contribution in [0.2, 0.25) is 0 Å². The Morgan fingerprint density at radius 1 is 1.12 bits per heavy atom. The van der Waals surface area contributed by atoms with Crippen LogP contribution in [-0.2, 0) is 11.3 Å². The summed E-state index contributed by atoms with van der Waals surface area (Å²) in [7, 11) is 0. The van der Waals surface area contributed by atoms with Crippen molar-refractivity contribution in [3.05, 3.63) is 58.0 Å². The summed E-state index contributed by atoms with van der Waals surface area (Å²) >= 11 is 1.79. The number of benzene rings is 1. The van der Waals surface area contributed by atoms with Gasteiger partial charge < -0.3 is 4.90 Å². The van der Waals surface area contributed by atoms with Gasteiger partial charge in [-0.3, -0.25) is 9.69 Å². The van der Waals surface area contributed by atoms with E-state index in [4.69, 9.17) is 0 Å². The lowest BCUT2D eigenvalue weighted by molar-refractivity contribution is -0.134. The molecule has 0 bridgehead atoms. The maximum Gasteiger partial charge on any atom is 0.226 e.